The molecule has 0 bridgehead atoms. The Morgan fingerprint density at radius 1 is 1.00 bits per heavy atom. The fourth-order valence-electron chi connectivity index (χ4n) is 2.22. The molecule has 4 heteroatoms. The molecule has 3 nitrogen and oxygen atoms in total. The lowest BCUT2D eigenvalue weighted by Gasteiger charge is -2.18. The minimum absolute atomic E-state index is 0.127. The van der Waals surface area contributed by atoms with Crippen LogP contribution in [0.3, 0.4) is 0 Å². The van der Waals surface area contributed by atoms with Gasteiger partial charge in [-0.1, -0.05) is 32.0 Å². The molecule has 1 amide bonds. The zero-order valence-electron chi connectivity index (χ0n) is 13.1. The molecule has 2 rings (SSSR count). The summed E-state index contributed by atoms with van der Waals surface area (Å²) in [5.74, 6) is -0.0946. The fraction of sp³-hybridized carbons (Fsp3) is 0.278. The molecule has 0 saturated heterocycles. The molecule has 22 heavy (non-hydrogen) atoms. The first-order valence-corrected chi connectivity index (χ1v) is 7.39. The Balaban J connectivity index is 2.04. The maximum Gasteiger partial charge on any atom is 0.246 e. The number of benzene rings is 2. The quantitative estimate of drug-likeness (QED) is 0.860. The molecular formula is C18H21FN2O. The second kappa shape index (κ2) is 7.07. The van der Waals surface area contributed by atoms with E-state index in [1.165, 1.54) is 12.1 Å². The maximum absolute atomic E-state index is 12.9. The molecule has 0 aliphatic heterocycles. The largest absolute Gasteiger partial charge is 0.374 e. The smallest absolute Gasteiger partial charge is 0.246 e. The van der Waals surface area contributed by atoms with E-state index in [0.29, 0.717) is 11.6 Å². The van der Waals surface area contributed by atoms with Crippen molar-refractivity contribution in [2.75, 3.05) is 10.6 Å². The SMILES string of the molecule is CC(C)c1ccccc1NC(=O)[C@@H](C)Nc1ccc(F)cc1. The fourth-order valence-corrected chi connectivity index (χ4v) is 2.22. The van der Waals surface area contributed by atoms with E-state index in [0.717, 1.165) is 11.3 Å². The Kier molecular flexibility index (Phi) is 5.15. The Bertz CT molecular complexity index is 638. The summed E-state index contributed by atoms with van der Waals surface area (Å²) >= 11 is 0. The monoisotopic (exact) mass is 300 g/mol. The number of carbonyl (C=O) groups is 1. The summed E-state index contributed by atoms with van der Waals surface area (Å²) in [6.45, 7) is 5.95. The lowest BCUT2D eigenvalue weighted by molar-refractivity contribution is -0.116. The van der Waals surface area contributed by atoms with Crippen LogP contribution in [0.15, 0.2) is 48.5 Å². The Hall–Kier alpha value is -2.36. The minimum Gasteiger partial charge on any atom is -0.374 e. The van der Waals surface area contributed by atoms with Crippen molar-refractivity contribution < 1.29 is 9.18 Å². The third-order valence-corrected chi connectivity index (χ3v) is 3.46. The molecule has 2 N–H and O–H groups in total. The van der Waals surface area contributed by atoms with E-state index in [9.17, 15) is 9.18 Å². The van der Waals surface area contributed by atoms with Crippen molar-refractivity contribution in [3.05, 3.63) is 59.9 Å². The molecule has 0 aliphatic rings. The van der Waals surface area contributed by atoms with Crippen LogP contribution in [0.5, 0.6) is 0 Å². The van der Waals surface area contributed by atoms with Crippen LogP contribution in [0.4, 0.5) is 15.8 Å². The van der Waals surface area contributed by atoms with Crippen LogP contribution in [0.25, 0.3) is 0 Å². The molecular weight excluding hydrogens is 279 g/mol. The number of hydrogen-bond donors (Lipinski definition) is 2. The Morgan fingerprint density at radius 3 is 2.27 bits per heavy atom. The second-order valence-corrected chi connectivity index (χ2v) is 5.60. The standard InChI is InChI=1S/C18H21FN2O/c1-12(2)16-6-4-5-7-17(16)21-18(22)13(3)20-15-10-8-14(19)9-11-15/h4-13,20H,1-3H3,(H,21,22)/t13-/m1/s1. The molecule has 0 aromatic heterocycles. The van der Waals surface area contributed by atoms with Crippen LogP contribution in [0, 0.1) is 5.82 Å². The van der Waals surface area contributed by atoms with Crippen LogP contribution in [-0.2, 0) is 4.79 Å². The van der Waals surface area contributed by atoms with Crippen molar-refractivity contribution in [1.82, 2.24) is 0 Å². The van der Waals surface area contributed by atoms with Gasteiger partial charge in [-0.3, -0.25) is 4.79 Å². The first-order valence-electron chi connectivity index (χ1n) is 7.39. The van der Waals surface area contributed by atoms with E-state index in [2.05, 4.69) is 24.5 Å². The third-order valence-electron chi connectivity index (χ3n) is 3.46. The van der Waals surface area contributed by atoms with Gasteiger partial charge in [0, 0.05) is 11.4 Å². The van der Waals surface area contributed by atoms with Crippen LogP contribution in [-0.4, -0.2) is 11.9 Å². The van der Waals surface area contributed by atoms with Gasteiger partial charge in [-0.15, -0.1) is 0 Å². The number of para-hydroxylation sites is 1. The molecule has 116 valence electrons. The summed E-state index contributed by atoms with van der Waals surface area (Å²) in [4.78, 5) is 12.3. The van der Waals surface area contributed by atoms with Gasteiger partial charge in [0.15, 0.2) is 0 Å². The lowest BCUT2D eigenvalue weighted by atomic mass is 10.0. The summed E-state index contributed by atoms with van der Waals surface area (Å²) in [6, 6.07) is 13.3. The Labute approximate surface area is 130 Å². The molecule has 0 saturated carbocycles. The first kappa shape index (κ1) is 16.0. The highest BCUT2D eigenvalue weighted by Crippen LogP contribution is 2.24. The summed E-state index contributed by atoms with van der Waals surface area (Å²) in [5.41, 5.74) is 2.64. The van der Waals surface area contributed by atoms with Crippen LogP contribution in [0.1, 0.15) is 32.3 Å². The van der Waals surface area contributed by atoms with Crippen molar-refractivity contribution >= 4 is 17.3 Å². The van der Waals surface area contributed by atoms with E-state index in [-0.39, 0.29) is 11.7 Å². The average Bonchev–Trinajstić information content (AvgIpc) is 2.49. The maximum atomic E-state index is 12.9. The number of halogens is 1. The van der Waals surface area contributed by atoms with Crippen molar-refractivity contribution in [3.63, 3.8) is 0 Å². The topological polar surface area (TPSA) is 41.1 Å². The number of hydrogen-bond acceptors (Lipinski definition) is 2. The minimum atomic E-state index is -0.425. The molecule has 2 aromatic rings. The summed E-state index contributed by atoms with van der Waals surface area (Å²) in [5, 5.41) is 6.01. The second-order valence-electron chi connectivity index (χ2n) is 5.60. The van der Waals surface area contributed by atoms with Gasteiger partial charge in [-0.2, -0.15) is 0 Å². The van der Waals surface area contributed by atoms with Crippen LogP contribution in [0.2, 0.25) is 0 Å². The van der Waals surface area contributed by atoms with E-state index < -0.39 is 6.04 Å². The zero-order chi connectivity index (χ0) is 16.1. The van der Waals surface area contributed by atoms with Gasteiger partial charge in [-0.05, 0) is 48.7 Å². The first-order chi connectivity index (χ1) is 10.5. The zero-order valence-corrected chi connectivity index (χ0v) is 13.1. The molecule has 0 radical (unpaired) electrons. The van der Waals surface area contributed by atoms with E-state index in [4.69, 9.17) is 0 Å². The molecule has 2 aromatic carbocycles. The van der Waals surface area contributed by atoms with Gasteiger partial charge in [0.25, 0.3) is 0 Å². The van der Waals surface area contributed by atoms with Gasteiger partial charge >= 0.3 is 0 Å². The molecule has 0 aliphatic carbocycles. The average molecular weight is 300 g/mol. The number of rotatable bonds is 5. The number of amides is 1. The highest BCUT2D eigenvalue weighted by Gasteiger charge is 2.15. The molecule has 0 unspecified atom stereocenters. The predicted octanol–water partition coefficient (Wildman–Crippen LogP) is 4.39. The van der Waals surface area contributed by atoms with Crippen LogP contribution >= 0.6 is 0 Å². The van der Waals surface area contributed by atoms with Crippen LogP contribution < -0.4 is 10.6 Å². The van der Waals surface area contributed by atoms with Gasteiger partial charge < -0.3 is 10.6 Å². The molecule has 0 spiro atoms. The van der Waals surface area contributed by atoms with E-state index in [1.54, 1.807) is 19.1 Å². The summed E-state index contributed by atoms with van der Waals surface area (Å²) in [7, 11) is 0. The lowest BCUT2D eigenvalue weighted by Crippen LogP contribution is -2.32. The van der Waals surface area contributed by atoms with Gasteiger partial charge in [0.2, 0.25) is 5.91 Å². The van der Waals surface area contributed by atoms with Crippen molar-refractivity contribution in [2.45, 2.75) is 32.7 Å². The number of carbonyl (C=O) groups excluding carboxylic acids is 1. The van der Waals surface area contributed by atoms with Crippen molar-refractivity contribution in [3.8, 4) is 0 Å². The predicted molar refractivity (Wildman–Crippen MR) is 88.6 cm³/mol. The molecule has 0 heterocycles. The summed E-state index contributed by atoms with van der Waals surface area (Å²) in [6.07, 6.45) is 0. The highest BCUT2D eigenvalue weighted by atomic mass is 19.1. The molecule has 0 fully saturated rings. The van der Waals surface area contributed by atoms with Gasteiger partial charge in [-0.25, -0.2) is 4.39 Å². The van der Waals surface area contributed by atoms with Crippen molar-refractivity contribution in [2.24, 2.45) is 0 Å². The summed E-state index contributed by atoms with van der Waals surface area (Å²) < 4.78 is 12.9. The molecule has 1 atom stereocenters. The van der Waals surface area contributed by atoms with E-state index >= 15 is 0 Å². The highest BCUT2D eigenvalue weighted by molar-refractivity contribution is 5.96. The third kappa shape index (κ3) is 4.07. The number of anilines is 2. The van der Waals surface area contributed by atoms with Gasteiger partial charge in [0.1, 0.15) is 11.9 Å². The van der Waals surface area contributed by atoms with Crippen molar-refractivity contribution in [1.29, 1.82) is 0 Å². The number of nitrogens with one attached hydrogen (secondary N) is 2. The van der Waals surface area contributed by atoms with E-state index in [1.807, 2.05) is 24.3 Å². The van der Waals surface area contributed by atoms with Gasteiger partial charge in [0.05, 0.1) is 0 Å². The normalized spacial score (nSPS) is 12.0. The Morgan fingerprint density at radius 2 is 1.64 bits per heavy atom.